The molecule has 0 saturated heterocycles. The molecule has 0 rings (SSSR count). The van der Waals surface area contributed by atoms with Gasteiger partial charge in [0.25, 0.3) is 0 Å². The van der Waals surface area contributed by atoms with Crippen molar-refractivity contribution in [3.8, 4) is 0 Å². The molecule has 0 radical (unpaired) electrons. The van der Waals surface area contributed by atoms with E-state index in [0.29, 0.717) is 0 Å². The summed E-state index contributed by atoms with van der Waals surface area (Å²) in [6, 6.07) is 0. The molecule has 0 aliphatic heterocycles. The number of hydrogen-bond donors (Lipinski definition) is 0. The van der Waals surface area contributed by atoms with Crippen LogP contribution in [0.2, 0.25) is 0 Å². The van der Waals surface area contributed by atoms with E-state index in [1.807, 2.05) is 0 Å². The van der Waals surface area contributed by atoms with E-state index >= 15 is 0 Å². The molecule has 0 aromatic rings. The van der Waals surface area contributed by atoms with Crippen molar-refractivity contribution in [1.82, 2.24) is 0 Å². The van der Waals surface area contributed by atoms with Gasteiger partial charge >= 0.3 is 106 Å². The summed E-state index contributed by atoms with van der Waals surface area (Å²) in [6.07, 6.45) is -13.7. The van der Waals surface area contributed by atoms with Gasteiger partial charge in [-0.2, -0.15) is 0 Å². The van der Waals surface area contributed by atoms with Crippen LogP contribution in [0.1, 0.15) is 0 Å². The van der Waals surface area contributed by atoms with Crippen molar-refractivity contribution in [2.45, 2.75) is 23.4 Å². The molecule has 0 heterocycles. The van der Waals surface area contributed by atoms with Crippen LogP contribution in [0.25, 0.3) is 0 Å². The molecule has 0 nitrogen and oxygen atoms in total. The van der Waals surface area contributed by atoms with Crippen molar-refractivity contribution in [1.29, 1.82) is 0 Å². The van der Waals surface area contributed by atoms with E-state index in [4.69, 9.17) is 0 Å². The van der Waals surface area contributed by atoms with E-state index in [1.165, 1.54) is 0 Å². The molecule has 0 N–H and O–H groups in total. The van der Waals surface area contributed by atoms with Gasteiger partial charge in [0.1, 0.15) is 0 Å². The van der Waals surface area contributed by atoms with Crippen molar-refractivity contribution in [3.05, 3.63) is 0 Å². The molecule has 0 unspecified atom stereocenters. The first kappa shape index (κ1) is 18.4. The second-order valence-corrected chi connectivity index (χ2v) is 14.7. The molecule has 0 fully saturated rings. The van der Waals surface area contributed by atoms with Crippen molar-refractivity contribution in [2.24, 2.45) is 0 Å². The Morgan fingerprint density at radius 1 is 0.500 bits per heavy atom. The van der Waals surface area contributed by atoms with Gasteiger partial charge in [-0.3, -0.25) is 0 Å². The van der Waals surface area contributed by atoms with E-state index < -0.39 is 28.7 Å². The zero-order valence-electron chi connectivity index (χ0n) is 7.41. The maximum atomic E-state index is 12.7. The van der Waals surface area contributed by atoms with Crippen molar-refractivity contribution < 1.29 is 43.9 Å². The monoisotopic (exact) mass is 371 g/mol. The molecule has 0 aromatic heterocycles. The molecule has 112 valence electrons. The topological polar surface area (TPSA) is 0 Å². The van der Waals surface area contributed by atoms with Crippen LogP contribution in [0, 0.1) is 0 Å². The fourth-order valence-corrected chi connectivity index (χ4v) is 3.91. The van der Waals surface area contributed by atoms with Crippen LogP contribution < -0.4 is 0 Å². The Bertz CT molecular complexity index is 304. The SMILES string of the molecule is FC(F)(F)C(F)(F)[Si-](Cl)(Cl)(Cl)C(F)(F)C(F)(F)F. The summed E-state index contributed by atoms with van der Waals surface area (Å²) in [5.41, 5.74) is -13.6. The number of alkyl halides is 10. The van der Waals surface area contributed by atoms with Gasteiger partial charge in [-0.05, 0) is 0 Å². The van der Waals surface area contributed by atoms with E-state index in [1.54, 1.807) is 0 Å². The Morgan fingerprint density at radius 2 is 0.667 bits per heavy atom. The summed E-state index contributed by atoms with van der Waals surface area (Å²) in [5.74, 6) is 0. The van der Waals surface area contributed by atoms with Gasteiger partial charge in [0.15, 0.2) is 0 Å². The second kappa shape index (κ2) is 3.95. The summed E-state index contributed by atoms with van der Waals surface area (Å²) >= 11 is 12.3. The summed E-state index contributed by atoms with van der Waals surface area (Å²) in [4.78, 5) is 0. The molecule has 18 heavy (non-hydrogen) atoms. The summed E-state index contributed by atoms with van der Waals surface area (Å²) in [7, 11) is 0. The summed E-state index contributed by atoms with van der Waals surface area (Å²) in [6.45, 7) is 0. The molecule has 0 aromatic carbocycles. The minimum absolute atomic E-state index is 4.09. The van der Waals surface area contributed by atoms with Crippen LogP contribution in [-0.4, -0.2) is 28.7 Å². The quantitative estimate of drug-likeness (QED) is 0.361. The van der Waals surface area contributed by atoms with E-state index in [2.05, 4.69) is 33.2 Å². The first-order valence-corrected chi connectivity index (χ1v) is 8.99. The third kappa shape index (κ3) is 2.16. The average molecular weight is 372 g/mol. The van der Waals surface area contributed by atoms with Crippen LogP contribution in [0.3, 0.4) is 0 Å². The van der Waals surface area contributed by atoms with Crippen molar-refractivity contribution >= 4 is 38.5 Å². The molecular formula is C4Cl3F10Si-. The van der Waals surface area contributed by atoms with Gasteiger partial charge in [0.2, 0.25) is 0 Å². The fourth-order valence-electron chi connectivity index (χ4n) is 0.660. The van der Waals surface area contributed by atoms with Crippen LogP contribution in [0.4, 0.5) is 43.9 Å². The zero-order chi connectivity index (χ0) is 15.4. The predicted octanol–water partition coefficient (Wildman–Crippen LogP) is 5.07. The standard InChI is InChI=1S/C4Cl3F10Si/c5-18(6,7,3(14,15)1(8,9)10)4(16,17)2(11,12)13/q-1. The second-order valence-electron chi connectivity index (χ2n) is 3.05. The Hall–Kier alpha value is 0.387. The third-order valence-electron chi connectivity index (χ3n) is 1.74. The van der Waals surface area contributed by atoms with Crippen molar-refractivity contribution in [2.75, 3.05) is 0 Å². The van der Waals surface area contributed by atoms with Crippen LogP contribution in [0.5, 0.6) is 0 Å². The summed E-state index contributed by atoms with van der Waals surface area (Å²) in [5, 5.41) is -8.71. The molecule has 0 bridgehead atoms. The number of hydrogen-bond acceptors (Lipinski definition) is 0. The number of halogens is 13. The molecule has 0 atom stereocenters. The van der Waals surface area contributed by atoms with Gasteiger partial charge in [-0.25, -0.2) is 0 Å². The Labute approximate surface area is 106 Å². The third-order valence-corrected chi connectivity index (χ3v) is 8.63. The molecular weight excluding hydrogens is 372 g/mol. The Kier molecular flexibility index (Phi) is 4.03. The molecule has 0 aliphatic carbocycles. The van der Waals surface area contributed by atoms with Crippen LogP contribution >= 0.6 is 33.2 Å². The van der Waals surface area contributed by atoms with E-state index in [-0.39, 0.29) is 0 Å². The number of rotatable bonds is 2. The normalized spacial score (nSPS) is 18.4. The van der Waals surface area contributed by atoms with Crippen LogP contribution in [-0.2, 0) is 0 Å². The minimum atomic E-state index is -8.71. The first-order valence-electron chi connectivity index (χ1n) is 3.46. The average Bonchev–Trinajstić information content (AvgIpc) is 1.97. The van der Waals surface area contributed by atoms with Crippen LogP contribution in [0.15, 0.2) is 0 Å². The summed E-state index contributed by atoms with van der Waals surface area (Å²) < 4.78 is 122. The van der Waals surface area contributed by atoms with Gasteiger partial charge in [0, 0.05) is 0 Å². The first-order chi connectivity index (χ1) is 7.29. The molecule has 0 saturated carbocycles. The Morgan fingerprint density at radius 3 is 0.778 bits per heavy atom. The molecule has 14 heteroatoms. The Balaban J connectivity index is 6.18. The zero-order valence-corrected chi connectivity index (χ0v) is 10.7. The predicted molar refractivity (Wildman–Crippen MR) is 45.3 cm³/mol. The van der Waals surface area contributed by atoms with Gasteiger partial charge in [0.05, 0.1) is 0 Å². The molecule has 0 aliphatic rings. The van der Waals surface area contributed by atoms with Crippen molar-refractivity contribution in [3.63, 3.8) is 0 Å². The molecule has 0 amide bonds. The van der Waals surface area contributed by atoms with E-state index in [9.17, 15) is 43.9 Å². The van der Waals surface area contributed by atoms with Gasteiger partial charge in [-0.15, -0.1) is 0 Å². The van der Waals surface area contributed by atoms with Gasteiger partial charge in [-0.1, -0.05) is 0 Å². The van der Waals surface area contributed by atoms with E-state index in [0.717, 1.165) is 0 Å². The fraction of sp³-hybridized carbons (Fsp3) is 1.00. The maximum absolute atomic E-state index is 12.7. The molecule has 0 spiro atoms. The van der Waals surface area contributed by atoms with Gasteiger partial charge < -0.3 is 0 Å².